The van der Waals surface area contributed by atoms with Gasteiger partial charge in [0.15, 0.2) is 0 Å². The van der Waals surface area contributed by atoms with Crippen LogP contribution in [-0.4, -0.2) is 81.7 Å². The molecule has 0 spiro atoms. The molecule has 1 atom stereocenters. The number of hydrogen-bond acceptors (Lipinski definition) is 10. The predicted molar refractivity (Wildman–Crippen MR) is 168 cm³/mol. The van der Waals surface area contributed by atoms with Crippen molar-refractivity contribution in [3.05, 3.63) is 77.9 Å². The number of aliphatic hydroxyl groups excluding tert-OH is 1. The first-order valence-corrected chi connectivity index (χ1v) is 14.3. The highest BCUT2D eigenvalue weighted by atomic mass is 16.5. The molecule has 1 aliphatic rings. The standard InChI is InChI=1S/C32H37N9O2/c1-22(21-42)15-35-23(2)12-29(34)26-13-28(32-27(14-33)18-38-41(32)20-26)25-5-6-30(36-17-25)40-10-8-39(9-11-40)19-24-4-7-31(43-3)37-16-24/h4-7,12-13,16-18,20,22,42H,8-11,15,19,21,34H2,1-3H3. The van der Waals surface area contributed by atoms with E-state index in [2.05, 4.69) is 37.0 Å². The first-order chi connectivity index (χ1) is 20.9. The minimum atomic E-state index is 0.0808. The van der Waals surface area contributed by atoms with E-state index < -0.39 is 0 Å². The molecular weight excluding hydrogens is 542 g/mol. The smallest absolute Gasteiger partial charge is 0.212 e. The Balaban J connectivity index is 1.33. The molecule has 1 aliphatic heterocycles. The van der Waals surface area contributed by atoms with Gasteiger partial charge in [-0.1, -0.05) is 13.0 Å². The number of anilines is 1. The number of aliphatic imine (C=N–C) groups is 1. The van der Waals surface area contributed by atoms with Crippen LogP contribution in [-0.2, 0) is 6.54 Å². The van der Waals surface area contributed by atoms with Crippen molar-refractivity contribution in [2.24, 2.45) is 16.6 Å². The molecule has 4 aromatic heterocycles. The molecule has 0 radical (unpaired) electrons. The molecule has 1 unspecified atom stereocenters. The molecule has 11 nitrogen and oxygen atoms in total. The number of ether oxygens (including phenoxy) is 1. The summed E-state index contributed by atoms with van der Waals surface area (Å²) in [6, 6.07) is 12.2. The summed E-state index contributed by atoms with van der Waals surface area (Å²) in [5.74, 6) is 1.62. The number of rotatable bonds is 10. The third kappa shape index (κ3) is 6.99. The Bertz CT molecular complexity index is 1650. The van der Waals surface area contributed by atoms with Crippen molar-refractivity contribution < 1.29 is 9.84 Å². The first-order valence-electron chi connectivity index (χ1n) is 14.3. The number of piperazine rings is 1. The highest BCUT2D eigenvalue weighted by Crippen LogP contribution is 2.30. The van der Waals surface area contributed by atoms with Gasteiger partial charge in [0.25, 0.3) is 0 Å². The van der Waals surface area contributed by atoms with Crippen LogP contribution in [0.5, 0.6) is 5.88 Å². The van der Waals surface area contributed by atoms with Crippen molar-refractivity contribution in [2.45, 2.75) is 20.4 Å². The average Bonchev–Trinajstić information content (AvgIpc) is 3.47. The number of methoxy groups -OCH3 is 1. The second-order valence-corrected chi connectivity index (χ2v) is 10.9. The maximum absolute atomic E-state index is 9.76. The van der Waals surface area contributed by atoms with Gasteiger partial charge in [-0.05, 0) is 42.7 Å². The van der Waals surface area contributed by atoms with E-state index in [1.54, 1.807) is 17.8 Å². The Hall–Kier alpha value is -4.79. The largest absolute Gasteiger partial charge is 0.481 e. The van der Waals surface area contributed by atoms with Crippen LogP contribution in [0.15, 0.2) is 66.2 Å². The fraction of sp³-hybridized carbons (Fsp3) is 0.344. The molecule has 3 N–H and O–H groups in total. The number of fused-ring (bicyclic) bond motifs is 1. The molecule has 43 heavy (non-hydrogen) atoms. The Morgan fingerprint density at radius 3 is 2.63 bits per heavy atom. The van der Waals surface area contributed by atoms with Crippen LogP contribution < -0.4 is 15.4 Å². The second-order valence-electron chi connectivity index (χ2n) is 10.9. The summed E-state index contributed by atoms with van der Waals surface area (Å²) in [4.78, 5) is 18.3. The molecule has 0 bridgehead atoms. The van der Waals surface area contributed by atoms with Gasteiger partial charge in [0, 0.05) is 98.6 Å². The fourth-order valence-electron chi connectivity index (χ4n) is 5.04. The van der Waals surface area contributed by atoms with E-state index in [4.69, 9.17) is 15.5 Å². The van der Waals surface area contributed by atoms with Crippen molar-refractivity contribution in [1.82, 2.24) is 24.5 Å². The summed E-state index contributed by atoms with van der Waals surface area (Å²) in [6.07, 6.45) is 8.91. The van der Waals surface area contributed by atoms with E-state index >= 15 is 0 Å². The van der Waals surface area contributed by atoms with Crippen LogP contribution in [0, 0.1) is 17.2 Å². The number of pyridine rings is 3. The van der Waals surface area contributed by atoms with Gasteiger partial charge in [-0.15, -0.1) is 0 Å². The normalized spacial score (nSPS) is 15.5. The van der Waals surface area contributed by atoms with Gasteiger partial charge in [0.05, 0.1) is 24.4 Å². The molecular formula is C32H37N9O2. The summed E-state index contributed by atoms with van der Waals surface area (Å²) < 4.78 is 6.85. The molecule has 0 saturated carbocycles. The van der Waals surface area contributed by atoms with E-state index in [1.165, 1.54) is 0 Å². The minimum Gasteiger partial charge on any atom is -0.481 e. The SMILES string of the molecule is COc1ccc(CN2CCN(c3ccc(-c4cc(C(N)=CC(C)=NCC(C)CO)cn5ncc(C#N)c45)cn3)CC2)cn1. The zero-order chi connectivity index (χ0) is 30.3. The summed E-state index contributed by atoms with van der Waals surface area (Å²) in [5.41, 5.74) is 12.6. The van der Waals surface area contributed by atoms with Gasteiger partial charge in [0.2, 0.25) is 5.88 Å². The quantitative estimate of drug-likeness (QED) is 0.271. The number of nitrogens with two attached hydrogens (primary N) is 1. The van der Waals surface area contributed by atoms with Crippen LogP contribution in [0.2, 0.25) is 0 Å². The van der Waals surface area contributed by atoms with Crippen LogP contribution >= 0.6 is 0 Å². The third-order valence-electron chi connectivity index (χ3n) is 7.56. The molecule has 0 aromatic carbocycles. The second kappa shape index (κ2) is 13.5. The van der Waals surface area contributed by atoms with Crippen molar-refractivity contribution >= 4 is 22.7 Å². The molecule has 1 fully saturated rings. The van der Waals surface area contributed by atoms with E-state index in [9.17, 15) is 10.4 Å². The molecule has 5 heterocycles. The van der Waals surface area contributed by atoms with Crippen LogP contribution in [0.3, 0.4) is 0 Å². The van der Waals surface area contributed by atoms with Gasteiger partial charge in [-0.3, -0.25) is 9.89 Å². The minimum absolute atomic E-state index is 0.0808. The molecule has 5 rings (SSSR count). The number of hydrogen-bond donors (Lipinski definition) is 2. The van der Waals surface area contributed by atoms with Gasteiger partial charge < -0.3 is 20.5 Å². The summed E-state index contributed by atoms with van der Waals surface area (Å²) in [5, 5.41) is 23.5. The molecule has 0 aliphatic carbocycles. The summed E-state index contributed by atoms with van der Waals surface area (Å²) in [7, 11) is 1.62. The van der Waals surface area contributed by atoms with E-state index in [0.717, 1.165) is 66.5 Å². The molecule has 0 amide bonds. The number of aromatic nitrogens is 4. The first kappa shape index (κ1) is 29.7. The van der Waals surface area contributed by atoms with Crippen molar-refractivity contribution in [3.63, 3.8) is 0 Å². The van der Waals surface area contributed by atoms with Crippen molar-refractivity contribution in [3.8, 4) is 23.1 Å². The van der Waals surface area contributed by atoms with E-state index in [1.807, 2.05) is 62.8 Å². The highest BCUT2D eigenvalue weighted by molar-refractivity contribution is 5.99. The Kier molecular flexibility index (Phi) is 9.29. The monoisotopic (exact) mass is 579 g/mol. The lowest BCUT2D eigenvalue weighted by molar-refractivity contribution is 0.242. The van der Waals surface area contributed by atoms with Crippen molar-refractivity contribution in [1.29, 1.82) is 5.26 Å². The highest BCUT2D eigenvalue weighted by Gasteiger charge is 2.19. The van der Waals surface area contributed by atoms with Gasteiger partial charge in [-0.25, -0.2) is 14.5 Å². The maximum atomic E-state index is 9.76. The lowest BCUT2D eigenvalue weighted by Crippen LogP contribution is -2.46. The van der Waals surface area contributed by atoms with Gasteiger partial charge in [0.1, 0.15) is 11.9 Å². The van der Waals surface area contributed by atoms with Gasteiger partial charge >= 0.3 is 0 Å². The Morgan fingerprint density at radius 1 is 1.16 bits per heavy atom. The lowest BCUT2D eigenvalue weighted by Gasteiger charge is -2.35. The fourth-order valence-corrected chi connectivity index (χ4v) is 5.04. The number of nitriles is 1. The maximum Gasteiger partial charge on any atom is 0.212 e. The number of aliphatic hydroxyl groups is 1. The molecule has 11 heteroatoms. The number of nitrogens with zero attached hydrogens (tertiary/aromatic N) is 8. The van der Waals surface area contributed by atoms with Crippen molar-refractivity contribution in [2.75, 3.05) is 51.3 Å². The third-order valence-corrected chi connectivity index (χ3v) is 7.56. The zero-order valence-electron chi connectivity index (χ0n) is 24.8. The Morgan fingerprint density at radius 2 is 1.98 bits per heavy atom. The summed E-state index contributed by atoms with van der Waals surface area (Å²) >= 11 is 0. The van der Waals surface area contributed by atoms with Crippen LogP contribution in [0.4, 0.5) is 5.82 Å². The molecule has 1 saturated heterocycles. The average molecular weight is 580 g/mol. The zero-order valence-corrected chi connectivity index (χ0v) is 24.8. The topological polar surface area (TPSA) is 141 Å². The lowest BCUT2D eigenvalue weighted by atomic mass is 10.0. The molecule has 222 valence electrons. The molecule has 4 aromatic rings. The van der Waals surface area contributed by atoms with Crippen LogP contribution in [0.1, 0.15) is 30.5 Å². The van der Waals surface area contributed by atoms with E-state index in [0.29, 0.717) is 29.2 Å². The number of allylic oxidation sites excluding steroid dienone is 1. The Labute approximate surface area is 251 Å². The van der Waals surface area contributed by atoms with Gasteiger partial charge in [-0.2, -0.15) is 10.4 Å². The van der Waals surface area contributed by atoms with Crippen LogP contribution in [0.25, 0.3) is 22.3 Å². The summed E-state index contributed by atoms with van der Waals surface area (Å²) in [6.45, 7) is 8.87. The predicted octanol–water partition coefficient (Wildman–Crippen LogP) is 3.38. The van der Waals surface area contributed by atoms with E-state index in [-0.39, 0.29) is 12.5 Å².